The minimum atomic E-state index is -1.00. The van der Waals surface area contributed by atoms with Gasteiger partial charge in [-0.25, -0.2) is 19.2 Å². The van der Waals surface area contributed by atoms with Gasteiger partial charge >= 0.3 is 5.97 Å². The molecule has 2 atom stereocenters. The van der Waals surface area contributed by atoms with E-state index in [1.165, 1.54) is 43.7 Å². The molecule has 0 saturated carbocycles. The van der Waals surface area contributed by atoms with Crippen LogP contribution >= 0.6 is 0 Å². The number of halogens is 1. The lowest BCUT2D eigenvalue weighted by atomic mass is 9.70. The van der Waals surface area contributed by atoms with Gasteiger partial charge in [0.25, 0.3) is 0 Å². The number of fused-ring (bicyclic) bond motifs is 5. The number of hydrogen-bond acceptors (Lipinski definition) is 6. The normalized spacial score (nSPS) is 18.3. The number of rotatable bonds is 5. The van der Waals surface area contributed by atoms with E-state index in [-0.39, 0.29) is 28.9 Å². The van der Waals surface area contributed by atoms with Crippen molar-refractivity contribution in [3.63, 3.8) is 0 Å². The summed E-state index contributed by atoms with van der Waals surface area (Å²) in [6.07, 6.45) is 6.86. The molecule has 216 valence electrons. The number of carboxylic acid groups (broad SMARTS) is 1. The molecule has 1 aliphatic carbocycles. The highest BCUT2D eigenvalue weighted by atomic mass is 19.1. The monoisotopic (exact) mass is 575 g/mol. The smallest absolute Gasteiger partial charge is 0.338 e. The van der Waals surface area contributed by atoms with E-state index in [2.05, 4.69) is 33.1 Å². The third-order valence-electron chi connectivity index (χ3n) is 8.41. The molecule has 0 radical (unpaired) electrons. The Morgan fingerprint density at radius 3 is 2.26 bits per heavy atom. The lowest BCUT2D eigenvalue weighted by Crippen LogP contribution is -2.35. The van der Waals surface area contributed by atoms with E-state index >= 15 is 0 Å². The lowest BCUT2D eigenvalue weighted by Gasteiger charge is -2.31. The van der Waals surface area contributed by atoms with Crippen LogP contribution < -0.4 is 0 Å². The minimum absolute atomic E-state index is 0.0663. The van der Waals surface area contributed by atoms with Crippen molar-refractivity contribution in [2.24, 2.45) is 0 Å². The lowest BCUT2D eigenvalue weighted by molar-refractivity contribution is -0.121. The number of ketones is 2. The minimum Gasteiger partial charge on any atom is -0.478 e. The zero-order valence-electron chi connectivity index (χ0n) is 23.4. The summed E-state index contributed by atoms with van der Waals surface area (Å²) in [6, 6.07) is 22.1. The van der Waals surface area contributed by atoms with Gasteiger partial charge in [-0.15, -0.1) is 0 Å². The van der Waals surface area contributed by atoms with E-state index in [4.69, 9.17) is 5.11 Å². The van der Waals surface area contributed by atoms with E-state index in [9.17, 15) is 18.8 Å². The highest BCUT2D eigenvalue weighted by molar-refractivity contribution is 6.26. The SMILES string of the molecule is O=C(O)c1cncnc1.O=C1c2c(ccc3c2ccc2ccccc23)C(CCN2CCCC2)C(=O)C1c1ccc(F)cc1. The van der Waals surface area contributed by atoms with Gasteiger partial charge in [0.05, 0.1) is 5.56 Å². The molecule has 0 spiro atoms. The van der Waals surface area contributed by atoms with Gasteiger partial charge in [-0.05, 0) is 83.7 Å². The van der Waals surface area contributed by atoms with Crippen molar-refractivity contribution in [2.45, 2.75) is 31.1 Å². The summed E-state index contributed by atoms with van der Waals surface area (Å²) >= 11 is 0. The van der Waals surface area contributed by atoms with Crippen molar-refractivity contribution < 1.29 is 23.9 Å². The Morgan fingerprint density at radius 1 is 0.860 bits per heavy atom. The Kier molecular flexibility index (Phi) is 8.03. The van der Waals surface area contributed by atoms with Crippen LogP contribution in [0, 0.1) is 5.82 Å². The molecule has 1 fully saturated rings. The van der Waals surface area contributed by atoms with Crippen molar-refractivity contribution in [1.29, 1.82) is 0 Å². The van der Waals surface area contributed by atoms with Gasteiger partial charge in [-0.1, -0.05) is 60.7 Å². The van der Waals surface area contributed by atoms with Crippen LogP contribution in [0.5, 0.6) is 0 Å². The predicted octanol–water partition coefficient (Wildman–Crippen LogP) is 6.43. The van der Waals surface area contributed by atoms with Crippen molar-refractivity contribution in [2.75, 3.05) is 19.6 Å². The highest BCUT2D eigenvalue weighted by Gasteiger charge is 2.42. The number of hydrogen-bond donors (Lipinski definition) is 1. The summed E-state index contributed by atoms with van der Waals surface area (Å²) in [6.45, 7) is 2.98. The molecule has 2 unspecified atom stereocenters. The Bertz CT molecular complexity index is 1820. The Balaban J connectivity index is 0.000000315. The van der Waals surface area contributed by atoms with E-state index in [0.717, 1.165) is 46.7 Å². The Labute approximate surface area is 248 Å². The van der Waals surface area contributed by atoms with Gasteiger partial charge in [-0.2, -0.15) is 0 Å². The van der Waals surface area contributed by atoms with Crippen LogP contribution in [0.25, 0.3) is 21.5 Å². The molecular formula is C35H30FN3O4. The van der Waals surface area contributed by atoms with Gasteiger partial charge in [0.2, 0.25) is 0 Å². The first-order valence-electron chi connectivity index (χ1n) is 14.4. The summed E-state index contributed by atoms with van der Waals surface area (Å²) in [7, 11) is 0. The maximum Gasteiger partial charge on any atom is 0.338 e. The predicted molar refractivity (Wildman–Crippen MR) is 162 cm³/mol. The fourth-order valence-corrected chi connectivity index (χ4v) is 6.29. The molecule has 1 aliphatic heterocycles. The van der Waals surface area contributed by atoms with Crippen LogP contribution in [0.3, 0.4) is 0 Å². The second-order valence-corrected chi connectivity index (χ2v) is 11.0. The van der Waals surface area contributed by atoms with Crippen molar-refractivity contribution >= 4 is 39.1 Å². The zero-order valence-corrected chi connectivity index (χ0v) is 23.4. The standard InChI is InChI=1S/C30H26FNO2.C5H4N2O2/c31-21-10-7-20(8-11-21)27-29(33)26(15-18-32-16-3-4-17-32)25-14-13-23-22-6-2-1-5-19(22)9-12-24(23)28(25)30(27)34;8-5(9)4-1-6-3-7-2-4/h1-2,5-14,26-27H,3-4,15-18H2;1-3H,(H,8,9). The number of likely N-dealkylation sites (tertiary alicyclic amines) is 1. The molecule has 0 bridgehead atoms. The number of carboxylic acids is 1. The molecule has 1 saturated heterocycles. The van der Waals surface area contributed by atoms with Gasteiger partial charge in [-0.3, -0.25) is 9.59 Å². The number of carbonyl (C=O) groups is 3. The van der Waals surface area contributed by atoms with Crippen molar-refractivity contribution in [3.05, 3.63) is 120 Å². The number of benzene rings is 4. The highest BCUT2D eigenvalue weighted by Crippen LogP contribution is 2.43. The largest absolute Gasteiger partial charge is 0.478 e. The number of carbonyl (C=O) groups excluding carboxylic acids is 2. The number of Topliss-reactive ketones (excluding diaryl/α,β-unsaturated/α-hetero) is 2. The molecule has 4 aromatic carbocycles. The first kappa shape index (κ1) is 28.3. The molecule has 5 aromatic rings. The first-order chi connectivity index (χ1) is 20.9. The summed E-state index contributed by atoms with van der Waals surface area (Å²) in [5.74, 6) is -2.86. The quantitative estimate of drug-likeness (QED) is 0.191. The van der Waals surface area contributed by atoms with Crippen molar-refractivity contribution in [1.82, 2.24) is 14.9 Å². The molecule has 7 nitrogen and oxygen atoms in total. The molecule has 2 heterocycles. The summed E-state index contributed by atoms with van der Waals surface area (Å²) in [5, 5.41) is 12.4. The van der Waals surface area contributed by atoms with Crippen LogP contribution in [0.2, 0.25) is 0 Å². The number of aromatic carboxylic acids is 1. The van der Waals surface area contributed by atoms with Crippen LogP contribution in [0.15, 0.2) is 91.5 Å². The van der Waals surface area contributed by atoms with Crippen LogP contribution in [-0.4, -0.2) is 57.1 Å². The van der Waals surface area contributed by atoms with Crippen molar-refractivity contribution in [3.8, 4) is 0 Å². The first-order valence-corrected chi connectivity index (χ1v) is 14.4. The molecule has 2 aliphatic rings. The van der Waals surface area contributed by atoms with E-state index in [1.807, 2.05) is 30.3 Å². The Morgan fingerprint density at radius 2 is 1.56 bits per heavy atom. The van der Waals surface area contributed by atoms with Gasteiger partial charge in [0.1, 0.15) is 18.1 Å². The molecule has 43 heavy (non-hydrogen) atoms. The molecule has 8 heteroatoms. The van der Waals surface area contributed by atoms with E-state index in [1.54, 1.807) is 12.1 Å². The molecule has 1 N–H and O–H groups in total. The topological polar surface area (TPSA) is 100 Å². The Hall–Kier alpha value is -4.82. The second-order valence-electron chi connectivity index (χ2n) is 11.0. The number of nitrogens with zero attached hydrogens (tertiary/aromatic N) is 3. The van der Waals surface area contributed by atoms with Gasteiger partial charge in [0.15, 0.2) is 11.6 Å². The van der Waals surface area contributed by atoms with Gasteiger partial charge < -0.3 is 10.0 Å². The number of aromatic nitrogens is 2. The summed E-state index contributed by atoms with van der Waals surface area (Å²) < 4.78 is 13.6. The van der Waals surface area contributed by atoms with Gasteiger partial charge in [0, 0.05) is 23.9 Å². The fraction of sp³-hybridized carbons (Fsp3) is 0.229. The molecular weight excluding hydrogens is 545 g/mol. The maximum atomic E-state index is 13.9. The van der Waals surface area contributed by atoms with Crippen LogP contribution in [-0.2, 0) is 4.79 Å². The second kappa shape index (κ2) is 12.2. The molecule has 7 rings (SSSR count). The summed E-state index contributed by atoms with van der Waals surface area (Å²) in [5.41, 5.74) is 2.18. The summed E-state index contributed by atoms with van der Waals surface area (Å²) in [4.78, 5) is 47.3. The maximum absolute atomic E-state index is 13.9. The fourth-order valence-electron chi connectivity index (χ4n) is 6.29. The zero-order chi connectivity index (χ0) is 29.9. The van der Waals surface area contributed by atoms with Crippen LogP contribution in [0.1, 0.15) is 62.9 Å². The van der Waals surface area contributed by atoms with E-state index in [0.29, 0.717) is 17.5 Å². The molecule has 0 amide bonds. The van der Waals surface area contributed by atoms with E-state index < -0.39 is 11.9 Å². The van der Waals surface area contributed by atoms with Crippen LogP contribution in [0.4, 0.5) is 4.39 Å². The average Bonchev–Trinajstić information content (AvgIpc) is 3.56. The molecule has 1 aromatic heterocycles. The average molecular weight is 576 g/mol. The third kappa shape index (κ3) is 5.66. The third-order valence-corrected chi connectivity index (χ3v) is 8.41.